The number of hydrogen-bond donors (Lipinski definition) is 1. The van der Waals surface area contributed by atoms with Crippen LogP contribution in [0.2, 0.25) is 0 Å². The van der Waals surface area contributed by atoms with Crippen molar-refractivity contribution in [3.8, 4) is 5.75 Å². The Labute approximate surface area is 136 Å². The number of nitrogens with zero attached hydrogens (tertiary/aromatic N) is 1. The van der Waals surface area contributed by atoms with E-state index in [1.807, 2.05) is 0 Å². The van der Waals surface area contributed by atoms with Crippen molar-refractivity contribution in [2.24, 2.45) is 5.92 Å². The molecule has 0 saturated carbocycles. The number of benzene rings is 1. The Morgan fingerprint density at radius 2 is 2.04 bits per heavy atom. The molecule has 1 aromatic carbocycles. The molecule has 1 atom stereocenters. The lowest BCUT2D eigenvalue weighted by atomic mass is 10.1. The number of carboxylic acids is 1. The van der Waals surface area contributed by atoms with Gasteiger partial charge in [-0.15, -0.1) is 0 Å². The number of carboxylic acid groups (broad SMARTS) is 1. The first-order valence-corrected chi connectivity index (χ1v) is 7.81. The van der Waals surface area contributed by atoms with Gasteiger partial charge in [-0.3, -0.25) is 9.59 Å². The number of aliphatic carboxylic acids is 1. The zero-order chi connectivity index (χ0) is 16.8. The van der Waals surface area contributed by atoms with Gasteiger partial charge >= 0.3 is 5.97 Å². The molecule has 1 heterocycles. The van der Waals surface area contributed by atoms with E-state index in [4.69, 9.17) is 14.6 Å². The van der Waals surface area contributed by atoms with Crippen LogP contribution in [0.3, 0.4) is 0 Å². The van der Waals surface area contributed by atoms with Crippen molar-refractivity contribution >= 4 is 11.9 Å². The minimum Gasteiger partial charge on any atom is -0.493 e. The zero-order valence-electron chi connectivity index (χ0n) is 13.5. The molecule has 1 aliphatic rings. The van der Waals surface area contributed by atoms with E-state index >= 15 is 0 Å². The second-order valence-electron chi connectivity index (χ2n) is 6.07. The standard InChI is InChI=1S/C17H23NO5/c1-12(2)11-23-14-5-3-13(4-6-14)17(21)18-7-8-22-15(10-18)9-16(19)20/h3-6,12,15H,7-11H2,1-2H3,(H,19,20). The van der Waals surface area contributed by atoms with Gasteiger partial charge in [0.25, 0.3) is 5.91 Å². The summed E-state index contributed by atoms with van der Waals surface area (Å²) in [5.41, 5.74) is 0.567. The largest absolute Gasteiger partial charge is 0.493 e. The molecule has 0 radical (unpaired) electrons. The lowest BCUT2D eigenvalue weighted by Gasteiger charge is -2.32. The fourth-order valence-corrected chi connectivity index (χ4v) is 2.36. The van der Waals surface area contributed by atoms with Gasteiger partial charge in [-0.25, -0.2) is 0 Å². The molecule has 126 valence electrons. The molecule has 0 spiro atoms. The van der Waals surface area contributed by atoms with Gasteiger partial charge in [0.1, 0.15) is 5.75 Å². The molecule has 23 heavy (non-hydrogen) atoms. The summed E-state index contributed by atoms with van der Waals surface area (Å²) >= 11 is 0. The van der Waals surface area contributed by atoms with Crippen LogP contribution in [0.25, 0.3) is 0 Å². The van der Waals surface area contributed by atoms with E-state index < -0.39 is 12.1 Å². The molecule has 0 aromatic heterocycles. The van der Waals surface area contributed by atoms with Crippen molar-refractivity contribution < 1.29 is 24.2 Å². The van der Waals surface area contributed by atoms with Crippen LogP contribution in [-0.4, -0.2) is 54.3 Å². The summed E-state index contributed by atoms with van der Waals surface area (Å²) in [6, 6.07) is 7.04. The lowest BCUT2D eigenvalue weighted by molar-refractivity contribution is -0.141. The molecule has 1 N–H and O–H groups in total. The van der Waals surface area contributed by atoms with E-state index in [1.165, 1.54) is 0 Å². The maximum absolute atomic E-state index is 12.5. The minimum atomic E-state index is -0.920. The Balaban J connectivity index is 1.95. The summed E-state index contributed by atoms with van der Waals surface area (Å²) in [5, 5.41) is 8.83. The fraction of sp³-hybridized carbons (Fsp3) is 0.529. The highest BCUT2D eigenvalue weighted by Crippen LogP contribution is 2.17. The number of rotatable bonds is 6. The third-order valence-electron chi connectivity index (χ3n) is 3.51. The summed E-state index contributed by atoms with van der Waals surface area (Å²) in [6.07, 6.45) is -0.537. The predicted octanol–water partition coefficient (Wildman–Crippen LogP) is 2.04. The van der Waals surface area contributed by atoms with Crippen LogP contribution in [-0.2, 0) is 9.53 Å². The normalized spacial score (nSPS) is 18.0. The minimum absolute atomic E-state index is 0.0915. The molecular weight excluding hydrogens is 298 g/mol. The van der Waals surface area contributed by atoms with Gasteiger partial charge in [-0.05, 0) is 30.2 Å². The summed E-state index contributed by atoms with van der Waals surface area (Å²) in [6.45, 7) is 5.91. The molecule has 1 aromatic rings. The van der Waals surface area contributed by atoms with Crippen LogP contribution < -0.4 is 4.74 Å². The third-order valence-corrected chi connectivity index (χ3v) is 3.51. The van der Waals surface area contributed by atoms with Crippen molar-refractivity contribution in [2.45, 2.75) is 26.4 Å². The lowest BCUT2D eigenvalue weighted by Crippen LogP contribution is -2.46. The Bertz CT molecular complexity index is 540. The van der Waals surface area contributed by atoms with Gasteiger partial charge in [0, 0.05) is 18.7 Å². The highest BCUT2D eigenvalue weighted by molar-refractivity contribution is 5.94. The molecule has 0 aliphatic carbocycles. The van der Waals surface area contributed by atoms with Gasteiger partial charge < -0.3 is 19.5 Å². The quantitative estimate of drug-likeness (QED) is 0.867. The Hall–Kier alpha value is -2.08. The molecule has 0 bridgehead atoms. The first kappa shape index (κ1) is 17.3. The molecule has 2 rings (SSSR count). The average Bonchev–Trinajstić information content (AvgIpc) is 2.52. The number of hydrogen-bond acceptors (Lipinski definition) is 4. The highest BCUT2D eigenvalue weighted by atomic mass is 16.5. The molecule has 6 nitrogen and oxygen atoms in total. The van der Waals surface area contributed by atoms with E-state index in [9.17, 15) is 9.59 Å². The fourth-order valence-electron chi connectivity index (χ4n) is 2.36. The second kappa shape index (κ2) is 7.97. The van der Waals surface area contributed by atoms with Crippen molar-refractivity contribution in [3.05, 3.63) is 29.8 Å². The molecule has 6 heteroatoms. The Morgan fingerprint density at radius 3 is 2.65 bits per heavy atom. The predicted molar refractivity (Wildman–Crippen MR) is 84.7 cm³/mol. The third kappa shape index (κ3) is 5.25. The van der Waals surface area contributed by atoms with Crippen molar-refractivity contribution in [1.82, 2.24) is 4.90 Å². The number of amides is 1. The van der Waals surface area contributed by atoms with Crippen LogP contribution >= 0.6 is 0 Å². The van der Waals surface area contributed by atoms with Gasteiger partial charge in [0.05, 0.1) is 25.7 Å². The zero-order valence-corrected chi connectivity index (χ0v) is 13.5. The van der Waals surface area contributed by atoms with Gasteiger partial charge in [0.2, 0.25) is 0 Å². The van der Waals surface area contributed by atoms with Gasteiger partial charge in [0.15, 0.2) is 0 Å². The molecule has 1 saturated heterocycles. The first-order valence-electron chi connectivity index (χ1n) is 7.81. The van der Waals surface area contributed by atoms with Crippen LogP contribution in [0.5, 0.6) is 5.75 Å². The molecule has 1 amide bonds. The van der Waals surface area contributed by atoms with Crippen molar-refractivity contribution in [1.29, 1.82) is 0 Å². The average molecular weight is 321 g/mol. The Kier molecular flexibility index (Phi) is 5.98. The van der Waals surface area contributed by atoms with Gasteiger partial charge in [-0.2, -0.15) is 0 Å². The topological polar surface area (TPSA) is 76.1 Å². The van der Waals surface area contributed by atoms with E-state index in [2.05, 4.69) is 13.8 Å². The molecule has 1 unspecified atom stereocenters. The first-order chi connectivity index (χ1) is 11.0. The maximum atomic E-state index is 12.5. The number of morpholine rings is 1. The molecular formula is C17H23NO5. The summed E-state index contributed by atoms with van der Waals surface area (Å²) in [4.78, 5) is 24.9. The van der Waals surface area contributed by atoms with Crippen LogP contribution in [0.15, 0.2) is 24.3 Å². The monoisotopic (exact) mass is 321 g/mol. The number of carbonyl (C=O) groups is 2. The number of ether oxygens (including phenoxy) is 2. The van der Waals surface area contributed by atoms with Crippen molar-refractivity contribution in [2.75, 3.05) is 26.3 Å². The second-order valence-corrected chi connectivity index (χ2v) is 6.07. The highest BCUT2D eigenvalue weighted by Gasteiger charge is 2.26. The maximum Gasteiger partial charge on any atom is 0.306 e. The summed E-state index contributed by atoms with van der Waals surface area (Å²) in [7, 11) is 0. The van der Waals surface area contributed by atoms with Gasteiger partial charge in [-0.1, -0.05) is 13.8 Å². The van der Waals surface area contributed by atoms with Crippen LogP contribution in [0.1, 0.15) is 30.6 Å². The summed E-state index contributed by atoms with van der Waals surface area (Å²) in [5.74, 6) is 0.145. The van der Waals surface area contributed by atoms with Crippen molar-refractivity contribution in [3.63, 3.8) is 0 Å². The van der Waals surface area contributed by atoms with E-state index in [1.54, 1.807) is 29.2 Å². The number of carbonyl (C=O) groups excluding carboxylic acids is 1. The van der Waals surface area contributed by atoms with E-state index in [-0.39, 0.29) is 12.3 Å². The van der Waals surface area contributed by atoms with E-state index in [0.29, 0.717) is 37.8 Å². The van der Waals surface area contributed by atoms with Crippen LogP contribution in [0, 0.1) is 5.92 Å². The SMILES string of the molecule is CC(C)COc1ccc(C(=O)N2CCOC(CC(=O)O)C2)cc1. The smallest absolute Gasteiger partial charge is 0.306 e. The molecule has 1 fully saturated rings. The van der Waals surface area contributed by atoms with E-state index in [0.717, 1.165) is 5.75 Å². The molecule has 1 aliphatic heterocycles. The van der Waals surface area contributed by atoms with Crippen LogP contribution in [0.4, 0.5) is 0 Å². The Morgan fingerprint density at radius 1 is 1.35 bits per heavy atom. The summed E-state index contributed by atoms with van der Waals surface area (Å²) < 4.78 is 11.0.